The summed E-state index contributed by atoms with van der Waals surface area (Å²) in [6.07, 6.45) is 1.61. The van der Waals surface area contributed by atoms with Crippen LogP contribution in [0.4, 0.5) is 0 Å². The number of hydrogen-bond acceptors (Lipinski definition) is 3. The predicted octanol–water partition coefficient (Wildman–Crippen LogP) is 4.69. The van der Waals surface area contributed by atoms with Gasteiger partial charge in [0.2, 0.25) is 0 Å². The molecule has 4 nitrogen and oxygen atoms in total. The van der Waals surface area contributed by atoms with Crippen LogP contribution in [0.5, 0.6) is 0 Å². The second-order valence-electron chi connectivity index (χ2n) is 5.53. The number of halogens is 1. The van der Waals surface area contributed by atoms with Crippen molar-refractivity contribution in [3.8, 4) is 5.69 Å². The summed E-state index contributed by atoms with van der Waals surface area (Å²) in [4.78, 5) is 5.36. The van der Waals surface area contributed by atoms with Crippen LogP contribution < -0.4 is 0 Å². The van der Waals surface area contributed by atoms with Crippen molar-refractivity contribution < 1.29 is 4.84 Å². The van der Waals surface area contributed by atoms with E-state index in [-0.39, 0.29) is 0 Å². The molecule has 0 aliphatic rings. The monoisotopic (exact) mass is 339 g/mol. The van der Waals surface area contributed by atoms with Crippen molar-refractivity contribution in [1.82, 2.24) is 9.78 Å². The number of oxime groups is 1. The second-order valence-corrected chi connectivity index (χ2v) is 5.89. The molecule has 3 aromatic rings. The molecule has 0 saturated heterocycles. The van der Waals surface area contributed by atoms with Gasteiger partial charge in [0.05, 0.1) is 23.2 Å². The molecule has 5 heteroatoms. The third-order valence-electron chi connectivity index (χ3n) is 3.66. The molecule has 3 rings (SSSR count). The second kappa shape index (κ2) is 7.32. The molecule has 1 heterocycles. The van der Waals surface area contributed by atoms with Crippen LogP contribution in [-0.2, 0) is 11.4 Å². The third kappa shape index (κ3) is 3.66. The van der Waals surface area contributed by atoms with E-state index in [9.17, 15) is 0 Å². The van der Waals surface area contributed by atoms with Gasteiger partial charge in [-0.25, -0.2) is 4.68 Å². The normalized spacial score (nSPS) is 11.1. The molecular weight excluding hydrogens is 322 g/mol. The van der Waals surface area contributed by atoms with Gasteiger partial charge in [0.25, 0.3) is 0 Å². The number of hydrogen-bond donors (Lipinski definition) is 0. The van der Waals surface area contributed by atoms with Gasteiger partial charge in [0.15, 0.2) is 0 Å². The van der Waals surface area contributed by atoms with E-state index < -0.39 is 0 Å². The van der Waals surface area contributed by atoms with Crippen molar-refractivity contribution in [2.75, 3.05) is 0 Å². The minimum absolute atomic E-state index is 0.417. The van der Waals surface area contributed by atoms with Crippen molar-refractivity contribution in [2.24, 2.45) is 5.16 Å². The summed E-state index contributed by atoms with van der Waals surface area (Å²) in [5.74, 6) is 0. The van der Waals surface area contributed by atoms with Crippen LogP contribution in [0.25, 0.3) is 5.69 Å². The number of para-hydroxylation sites is 1. The molecule has 0 spiro atoms. The largest absolute Gasteiger partial charge is 0.391 e. The maximum atomic E-state index is 6.43. The molecule has 0 aliphatic carbocycles. The van der Waals surface area contributed by atoms with Gasteiger partial charge in [-0.15, -0.1) is 0 Å². The first-order chi connectivity index (χ1) is 11.6. The summed E-state index contributed by atoms with van der Waals surface area (Å²) in [5, 5.41) is 9.01. The van der Waals surface area contributed by atoms with Gasteiger partial charge in [-0.05, 0) is 31.5 Å². The highest BCUT2D eigenvalue weighted by Gasteiger charge is 2.12. The van der Waals surface area contributed by atoms with Gasteiger partial charge < -0.3 is 4.84 Å². The number of benzene rings is 2. The molecule has 0 amide bonds. The van der Waals surface area contributed by atoms with Crippen LogP contribution in [0.15, 0.2) is 59.8 Å². The Hall–Kier alpha value is -2.59. The molecule has 2 aromatic carbocycles. The summed E-state index contributed by atoms with van der Waals surface area (Å²) in [5.41, 5.74) is 4.75. The Morgan fingerprint density at radius 3 is 2.50 bits per heavy atom. The van der Waals surface area contributed by atoms with Crippen molar-refractivity contribution in [2.45, 2.75) is 20.5 Å². The van der Waals surface area contributed by atoms with Crippen LogP contribution >= 0.6 is 11.6 Å². The average molecular weight is 340 g/mol. The van der Waals surface area contributed by atoms with Gasteiger partial charge in [0, 0.05) is 0 Å². The first kappa shape index (κ1) is 16.3. The molecule has 0 unspecified atom stereocenters. The Kier molecular flexibility index (Phi) is 4.96. The summed E-state index contributed by atoms with van der Waals surface area (Å²) in [6.45, 7) is 4.37. The average Bonchev–Trinajstić information content (AvgIpc) is 2.89. The Labute approximate surface area is 146 Å². The van der Waals surface area contributed by atoms with Gasteiger partial charge in [0.1, 0.15) is 11.8 Å². The Morgan fingerprint density at radius 1 is 1.08 bits per heavy atom. The molecule has 0 atom stereocenters. The lowest BCUT2D eigenvalue weighted by Crippen LogP contribution is -1.96. The highest BCUT2D eigenvalue weighted by Crippen LogP contribution is 2.22. The van der Waals surface area contributed by atoms with Crippen LogP contribution in [-0.4, -0.2) is 16.0 Å². The van der Waals surface area contributed by atoms with E-state index in [0.717, 1.165) is 22.5 Å². The highest BCUT2D eigenvalue weighted by molar-refractivity contribution is 6.32. The first-order valence-corrected chi connectivity index (χ1v) is 8.04. The predicted molar refractivity (Wildman–Crippen MR) is 96.9 cm³/mol. The van der Waals surface area contributed by atoms with Crippen molar-refractivity contribution in [3.63, 3.8) is 0 Å². The fourth-order valence-corrected chi connectivity index (χ4v) is 2.61. The number of nitrogens with zero attached hydrogens (tertiary/aromatic N) is 3. The van der Waals surface area contributed by atoms with Crippen LogP contribution in [0.3, 0.4) is 0 Å². The van der Waals surface area contributed by atoms with Gasteiger partial charge in [-0.1, -0.05) is 64.8 Å². The lowest BCUT2D eigenvalue weighted by molar-refractivity contribution is 0.132. The van der Waals surface area contributed by atoms with E-state index in [4.69, 9.17) is 16.4 Å². The Bertz CT molecular complexity index is 839. The van der Waals surface area contributed by atoms with Gasteiger partial charge in [-0.3, -0.25) is 0 Å². The molecule has 0 aliphatic heterocycles. The fraction of sp³-hybridized carbons (Fsp3) is 0.158. The standard InChI is InChI=1S/C19H18ClN3O/c1-14-8-10-16(11-9-14)13-24-21-12-18-15(2)22-23(19(18)20)17-6-4-3-5-7-17/h3-12H,13H2,1-2H3/b21-12-. The number of aromatic nitrogens is 2. The number of rotatable bonds is 5. The SMILES string of the molecule is Cc1ccc(CO/N=C\c2c(C)nn(-c3ccccc3)c2Cl)cc1. The maximum Gasteiger partial charge on any atom is 0.142 e. The minimum atomic E-state index is 0.417. The van der Waals surface area contributed by atoms with Gasteiger partial charge in [-0.2, -0.15) is 5.10 Å². The van der Waals surface area contributed by atoms with Crippen LogP contribution in [0.1, 0.15) is 22.4 Å². The van der Waals surface area contributed by atoms with Crippen molar-refractivity contribution in [3.05, 3.63) is 82.1 Å². The fourth-order valence-electron chi connectivity index (χ4n) is 2.28. The zero-order chi connectivity index (χ0) is 16.9. The molecule has 0 radical (unpaired) electrons. The molecule has 0 bridgehead atoms. The van der Waals surface area contributed by atoms with Crippen molar-refractivity contribution >= 4 is 17.8 Å². The van der Waals surface area contributed by atoms with Gasteiger partial charge >= 0.3 is 0 Å². The van der Waals surface area contributed by atoms with Crippen molar-refractivity contribution in [1.29, 1.82) is 0 Å². The van der Waals surface area contributed by atoms with E-state index in [1.54, 1.807) is 10.9 Å². The quantitative estimate of drug-likeness (QED) is 0.499. The third-order valence-corrected chi connectivity index (χ3v) is 4.02. The molecule has 0 fully saturated rings. The maximum absolute atomic E-state index is 6.43. The molecule has 0 saturated carbocycles. The highest BCUT2D eigenvalue weighted by atomic mass is 35.5. The topological polar surface area (TPSA) is 39.4 Å². The lowest BCUT2D eigenvalue weighted by Gasteiger charge is -2.02. The molecule has 122 valence electrons. The molecule has 1 aromatic heterocycles. The van der Waals surface area contributed by atoms with Crippen LogP contribution in [0.2, 0.25) is 5.15 Å². The number of aryl methyl sites for hydroxylation is 2. The van der Waals surface area contributed by atoms with E-state index >= 15 is 0 Å². The zero-order valence-corrected chi connectivity index (χ0v) is 14.4. The summed E-state index contributed by atoms with van der Waals surface area (Å²) in [6, 6.07) is 17.9. The molecule has 24 heavy (non-hydrogen) atoms. The van der Waals surface area contributed by atoms with E-state index in [1.807, 2.05) is 61.5 Å². The van der Waals surface area contributed by atoms with E-state index in [0.29, 0.717) is 11.8 Å². The van der Waals surface area contributed by atoms with Crippen LogP contribution in [0, 0.1) is 13.8 Å². The Balaban J connectivity index is 1.71. The molecular formula is C19H18ClN3O. The summed E-state index contributed by atoms with van der Waals surface area (Å²) in [7, 11) is 0. The Morgan fingerprint density at radius 2 is 1.79 bits per heavy atom. The molecule has 0 N–H and O–H groups in total. The smallest absolute Gasteiger partial charge is 0.142 e. The zero-order valence-electron chi connectivity index (χ0n) is 13.6. The van der Waals surface area contributed by atoms with E-state index in [2.05, 4.69) is 17.2 Å². The summed E-state index contributed by atoms with van der Waals surface area (Å²) < 4.78 is 1.69. The minimum Gasteiger partial charge on any atom is -0.391 e. The summed E-state index contributed by atoms with van der Waals surface area (Å²) >= 11 is 6.43. The lowest BCUT2D eigenvalue weighted by atomic mass is 10.2. The van der Waals surface area contributed by atoms with E-state index in [1.165, 1.54) is 5.56 Å². The first-order valence-electron chi connectivity index (χ1n) is 7.66.